The van der Waals surface area contributed by atoms with E-state index >= 15 is 0 Å². The lowest BCUT2D eigenvalue weighted by Crippen LogP contribution is -2.00. The van der Waals surface area contributed by atoms with Crippen LogP contribution >= 0.6 is 0 Å². The molecular weight excluding hydrogens is 302 g/mol. The van der Waals surface area contributed by atoms with Crippen LogP contribution in [0.2, 0.25) is 0 Å². The molecule has 0 radical (unpaired) electrons. The van der Waals surface area contributed by atoms with Gasteiger partial charge in [0, 0.05) is 34.9 Å². The van der Waals surface area contributed by atoms with Crippen molar-refractivity contribution in [3.05, 3.63) is 47.9 Å². The number of nitrogens with zero attached hydrogens (tertiary/aromatic N) is 2. The van der Waals surface area contributed by atoms with Gasteiger partial charge in [-0.05, 0) is 19.1 Å². The average molecular weight is 316 g/mol. The van der Waals surface area contributed by atoms with E-state index in [9.17, 15) is 8.78 Å². The van der Waals surface area contributed by atoms with Gasteiger partial charge in [-0.25, -0.2) is 8.78 Å². The highest BCUT2D eigenvalue weighted by atomic mass is 19.1. The fraction of sp³-hybridized carbons (Fsp3) is 0.176. The number of methoxy groups -OCH3 is 2. The molecule has 0 aliphatic rings. The zero-order valence-corrected chi connectivity index (χ0v) is 12.9. The number of ether oxygens (including phenoxy) is 2. The van der Waals surface area contributed by atoms with Crippen LogP contribution in [0.5, 0.6) is 11.5 Å². The first kappa shape index (κ1) is 15.1. The molecule has 0 aliphatic carbocycles. The number of pyridine rings is 2. The first-order valence-electron chi connectivity index (χ1n) is 6.88. The minimum atomic E-state index is -0.822. The molecule has 4 nitrogen and oxygen atoms in total. The molecule has 2 aromatic heterocycles. The molecule has 0 bridgehead atoms. The molecule has 3 aromatic rings. The van der Waals surface area contributed by atoms with Crippen LogP contribution in [0.4, 0.5) is 8.78 Å². The molecule has 118 valence electrons. The Morgan fingerprint density at radius 2 is 1.39 bits per heavy atom. The van der Waals surface area contributed by atoms with Crippen LogP contribution in [0.3, 0.4) is 0 Å². The predicted octanol–water partition coefficient (Wildman–Crippen LogP) is 3.90. The number of fused-ring (bicyclic) bond motifs is 1. The van der Waals surface area contributed by atoms with E-state index in [0.717, 1.165) is 16.5 Å². The molecular formula is C17H14F2N2O2. The lowest BCUT2D eigenvalue weighted by Gasteiger charge is -2.12. The van der Waals surface area contributed by atoms with Crippen molar-refractivity contribution in [1.82, 2.24) is 9.97 Å². The van der Waals surface area contributed by atoms with E-state index in [1.165, 1.54) is 20.3 Å². The van der Waals surface area contributed by atoms with Gasteiger partial charge in [0.05, 0.1) is 25.5 Å². The Kier molecular flexibility index (Phi) is 3.82. The largest absolute Gasteiger partial charge is 0.494 e. The third kappa shape index (κ3) is 2.56. The van der Waals surface area contributed by atoms with Crippen molar-refractivity contribution in [2.75, 3.05) is 14.2 Å². The van der Waals surface area contributed by atoms with Crippen LogP contribution in [0, 0.1) is 18.6 Å². The maximum Gasteiger partial charge on any atom is 0.177 e. The molecule has 6 heteroatoms. The maximum absolute atomic E-state index is 14.5. The Morgan fingerprint density at radius 3 is 2.00 bits per heavy atom. The molecule has 0 spiro atoms. The summed E-state index contributed by atoms with van der Waals surface area (Å²) in [6.45, 7) is 1.86. The molecule has 1 aromatic carbocycles. The second kappa shape index (κ2) is 5.79. The maximum atomic E-state index is 14.5. The number of rotatable bonds is 3. The number of benzene rings is 1. The third-order valence-corrected chi connectivity index (χ3v) is 3.57. The van der Waals surface area contributed by atoms with Gasteiger partial charge in [-0.15, -0.1) is 0 Å². The highest BCUT2D eigenvalue weighted by Gasteiger charge is 2.22. The van der Waals surface area contributed by atoms with Crippen molar-refractivity contribution in [3.63, 3.8) is 0 Å². The van der Waals surface area contributed by atoms with Crippen LogP contribution in [-0.2, 0) is 0 Å². The Labute approximate surface area is 131 Å². The quantitative estimate of drug-likeness (QED) is 0.735. The monoisotopic (exact) mass is 316 g/mol. The van der Waals surface area contributed by atoms with Crippen LogP contribution in [0.15, 0.2) is 30.6 Å². The van der Waals surface area contributed by atoms with Gasteiger partial charge in [0.2, 0.25) is 0 Å². The number of aromatic nitrogens is 2. The van der Waals surface area contributed by atoms with Crippen molar-refractivity contribution in [1.29, 1.82) is 0 Å². The van der Waals surface area contributed by atoms with Gasteiger partial charge in [-0.2, -0.15) is 0 Å². The van der Waals surface area contributed by atoms with Crippen LogP contribution in [0.25, 0.3) is 22.0 Å². The second-order valence-corrected chi connectivity index (χ2v) is 5.03. The summed E-state index contributed by atoms with van der Waals surface area (Å²) >= 11 is 0. The van der Waals surface area contributed by atoms with E-state index < -0.39 is 11.6 Å². The van der Waals surface area contributed by atoms with Crippen molar-refractivity contribution in [2.24, 2.45) is 0 Å². The van der Waals surface area contributed by atoms with Gasteiger partial charge in [-0.3, -0.25) is 9.97 Å². The summed E-state index contributed by atoms with van der Waals surface area (Å²) < 4.78 is 38.9. The molecule has 0 unspecified atom stereocenters. The summed E-state index contributed by atoms with van der Waals surface area (Å²) in [5, 5.41) is 1.58. The number of hydrogen-bond donors (Lipinski definition) is 0. The Hall–Kier alpha value is -2.76. The number of halogens is 2. The molecule has 2 heterocycles. The summed E-state index contributed by atoms with van der Waals surface area (Å²) in [6.07, 6.45) is 3.20. The van der Waals surface area contributed by atoms with E-state index in [-0.39, 0.29) is 22.8 Å². The topological polar surface area (TPSA) is 44.2 Å². The lowest BCUT2D eigenvalue weighted by molar-refractivity contribution is 0.359. The van der Waals surface area contributed by atoms with Gasteiger partial charge >= 0.3 is 0 Å². The number of aryl methyl sites for hydroxylation is 1. The molecule has 0 aliphatic heterocycles. The average Bonchev–Trinajstić information content (AvgIpc) is 2.55. The first-order valence-corrected chi connectivity index (χ1v) is 6.88. The summed E-state index contributed by atoms with van der Waals surface area (Å²) in [5.41, 5.74) is 0.700. The van der Waals surface area contributed by atoms with Gasteiger partial charge in [0.15, 0.2) is 23.1 Å². The highest BCUT2D eigenvalue weighted by molar-refractivity contribution is 5.85. The molecule has 3 rings (SSSR count). The van der Waals surface area contributed by atoms with Gasteiger partial charge < -0.3 is 9.47 Å². The van der Waals surface area contributed by atoms with Crippen molar-refractivity contribution in [2.45, 2.75) is 6.92 Å². The molecule has 23 heavy (non-hydrogen) atoms. The van der Waals surface area contributed by atoms with E-state index in [1.807, 2.05) is 13.0 Å². The first-order chi connectivity index (χ1) is 11.0. The van der Waals surface area contributed by atoms with Crippen molar-refractivity contribution >= 4 is 10.8 Å². The zero-order chi connectivity index (χ0) is 16.6. The normalized spacial score (nSPS) is 10.8. The molecule has 0 atom stereocenters. The minimum absolute atomic E-state index is 0.109. The summed E-state index contributed by atoms with van der Waals surface area (Å²) in [4.78, 5) is 8.36. The van der Waals surface area contributed by atoms with E-state index in [0.29, 0.717) is 0 Å². The summed E-state index contributed by atoms with van der Waals surface area (Å²) in [5.74, 6) is -1.86. The SMILES string of the molecule is COc1cc(OC)c(F)c(-c2cc3cnc(C)cc3cn2)c1F. The van der Waals surface area contributed by atoms with Crippen LogP contribution in [0.1, 0.15) is 5.69 Å². The molecule has 0 N–H and O–H groups in total. The Bertz CT molecular complexity index is 869. The zero-order valence-electron chi connectivity index (χ0n) is 12.9. The Balaban J connectivity index is 2.27. The predicted molar refractivity (Wildman–Crippen MR) is 82.7 cm³/mol. The second-order valence-electron chi connectivity index (χ2n) is 5.03. The van der Waals surface area contributed by atoms with Crippen molar-refractivity contribution in [3.8, 4) is 22.8 Å². The van der Waals surface area contributed by atoms with E-state index in [1.54, 1.807) is 18.5 Å². The fourth-order valence-corrected chi connectivity index (χ4v) is 2.39. The van der Waals surface area contributed by atoms with E-state index in [2.05, 4.69) is 9.97 Å². The molecule has 0 fully saturated rings. The standard InChI is InChI=1S/C17H14F2N2O2/c1-9-4-10-8-21-12(5-11(10)7-20-9)15-16(18)13(22-2)6-14(23-3)17(15)19/h4-8H,1-3H3. The smallest absolute Gasteiger partial charge is 0.177 e. The molecule has 0 amide bonds. The Morgan fingerprint density at radius 1 is 0.826 bits per heavy atom. The lowest BCUT2D eigenvalue weighted by atomic mass is 10.1. The highest BCUT2D eigenvalue weighted by Crippen LogP contribution is 2.37. The van der Waals surface area contributed by atoms with Crippen LogP contribution in [-0.4, -0.2) is 24.2 Å². The number of hydrogen-bond acceptors (Lipinski definition) is 4. The minimum Gasteiger partial charge on any atom is -0.494 e. The summed E-state index contributed by atoms with van der Waals surface area (Å²) in [7, 11) is 2.61. The van der Waals surface area contributed by atoms with Crippen LogP contribution < -0.4 is 9.47 Å². The van der Waals surface area contributed by atoms with Crippen molar-refractivity contribution < 1.29 is 18.3 Å². The van der Waals surface area contributed by atoms with Gasteiger partial charge in [-0.1, -0.05) is 0 Å². The van der Waals surface area contributed by atoms with E-state index in [4.69, 9.17) is 9.47 Å². The summed E-state index contributed by atoms with van der Waals surface area (Å²) in [6, 6.07) is 4.60. The molecule has 0 saturated carbocycles. The van der Waals surface area contributed by atoms with Gasteiger partial charge in [0.25, 0.3) is 0 Å². The molecule has 0 saturated heterocycles. The third-order valence-electron chi connectivity index (χ3n) is 3.57. The fourth-order valence-electron chi connectivity index (χ4n) is 2.39. The van der Waals surface area contributed by atoms with Gasteiger partial charge in [0.1, 0.15) is 0 Å².